The Morgan fingerprint density at radius 3 is 2.26 bits per heavy atom. The largest absolute Gasteiger partial charge is 0.481 e. The quantitative estimate of drug-likeness (QED) is 0.681. The zero-order valence-corrected chi connectivity index (χ0v) is 12.2. The molecule has 19 heavy (non-hydrogen) atoms. The lowest BCUT2D eigenvalue weighted by atomic mass is 9.82. The van der Waals surface area contributed by atoms with Crippen LogP contribution in [0.2, 0.25) is 0 Å². The van der Waals surface area contributed by atoms with Crippen LogP contribution in [0.1, 0.15) is 46.5 Å². The average molecular weight is 270 g/mol. The van der Waals surface area contributed by atoms with Gasteiger partial charge >= 0.3 is 5.97 Å². The Morgan fingerprint density at radius 1 is 1.21 bits per heavy atom. The van der Waals surface area contributed by atoms with Gasteiger partial charge in [0.1, 0.15) is 0 Å². The van der Waals surface area contributed by atoms with Crippen LogP contribution in [0.5, 0.6) is 0 Å². The lowest BCUT2D eigenvalue weighted by molar-refractivity contribution is -0.143. The lowest BCUT2D eigenvalue weighted by Gasteiger charge is -2.29. The minimum absolute atomic E-state index is 0.00899. The molecule has 1 amide bonds. The van der Waals surface area contributed by atoms with Crippen LogP contribution in [0.25, 0.3) is 0 Å². The molecule has 0 radical (unpaired) electrons. The number of aliphatic carboxylic acids is 1. The van der Waals surface area contributed by atoms with Crippen molar-refractivity contribution in [3.05, 3.63) is 0 Å². The molecule has 0 heterocycles. The molecule has 1 saturated carbocycles. The first-order valence-corrected chi connectivity index (χ1v) is 7.13. The highest BCUT2D eigenvalue weighted by Gasteiger charge is 2.29. The van der Waals surface area contributed by atoms with Crippen molar-refractivity contribution in [3.63, 3.8) is 0 Å². The van der Waals surface area contributed by atoms with Crippen LogP contribution in [-0.2, 0) is 9.59 Å². The Hall–Kier alpha value is -1.10. The van der Waals surface area contributed by atoms with Crippen LogP contribution >= 0.6 is 0 Å². The number of hydrogen-bond donors (Lipinski definition) is 3. The first kappa shape index (κ1) is 16.0. The van der Waals surface area contributed by atoms with Crippen molar-refractivity contribution >= 4 is 11.9 Å². The minimum atomic E-state index is -0.684. The van der Waals surface area contributed by atoms with Gasteiger partial charge in [0.2, 0.25) is 5.91 Å². The van der Waals surface area contributed by atoms with Crippen LogP contribution < -0.4 is 10.6 Å². The summed E-state index contributed by atoms with van der Waals surface area (Å²) in [5.74, 6) is -0.451. The molecule has 0 aliphatic heterocycles. The summed E-state index contributed by atoms with van der Waals surface area (Å²) in [4.78, 5) is 22.9. The van der Waals surface area contributed by atoms with Crippen molar-refractivity contribution in [1.82, 2.24) is 10.6 Å². The SMILES string of the molecule is CCNC(C)(C)C(=O)NCC1CCC(C(=O)O)CC1. The topological polar surface area (TPSA) is 78.4 Å². The molecule has 5 heteroatoms. The van der Waals surface area contributed by atoms with Crippen molar-refractivity contribution in [2.24, 2.45) is 11.8 Å². The maximum absolute atomic E-state index is 12.0. The molecule has 3 N–H and O–H groups in total. The Morgan fingerprint density at radius 2 is 1.79 bits per heavy atom. The van der Waals surface area contributed by atoms with E-state index in [1.165, 1.54) is 0 Å². The van der Waals surface area contributed by atoms with Gasteiger partial charge in [0.25, 0.3) is 0 Å². The summed E-state index contributed by atoms with van der Waals surface area (Å²) >= 11 is 0. The van der Waals surface area contributed by atoms with Gasteiger partial charge in [-0.2, -0.15) is 0 Å². The number of nitrogens with one attached hydrogen (secondary N) is 2. The van der Waals surface area contributed by atoms with E-state index >= 15 is 0 Å². The second-order valence-electron chi connectivity index (χ2n) is 5.92. The molecule has 1 rings (SSSR count). The van der Waals surface area contributed by atoms with E-state index in [1.807, 2.05) is 20.8 Å². The summed E-state index contributed by atoms with van der Waals surface area (Å²) in [6.07, 6.45) is 3.23. The van der Waals surface area contributed by atoms with Crippen LogP contribution in [0.3, 0.4) is 0 Å². The molecular weight excluding hydrogens is 244 g/mol. The molecule has 110 valence electrons. The second kappa shape index (κ2) is 6.89. The van der Waals surface area contributed by atoms with E-state index in [0.29, 0.717) is 12.5 Å². The summed E-state index contributed by atoms with van der Waals surface area (Å²) in [5, 5.41) is 15.0. The van der Waals surface area contributed by atoms with E-state index in [1.54, 1.807) is 0 Å². The van der Waals surface area contributed by atoms with Crippen LogP contribution in [0.4, 0.5) is 0 Å². The van der Waals surface area contributed by atoms with Gasteiger partial charge in [0.15, 0.2) is 0 Å². The molecule has 0 aromatic carbocycles. The summed E-state index contributed by atoms with van der Waals surface area (Å²) in [6, 6.07) is 0. The molecular formula is C14H26N2O3. The number of amides is 1. The maximum Gasteiger partial charge on any atom is 0.306 e. The summed E-state index contributed by atoms with van der Waals surface area (Å²) in [6.45, 7) is 7.12. The van der Waals surface area contributed by atoms with Gasteiger partial charge in [0, 0.05) is 6.54 Å². The molecule has 0 unspecified atom stereocenters. The Kier molecular flexibility index (Phi) is 5.79. The van der Waals surface area contributed by atoms with Gasteiger partial charge in [-0.05, 0) is 52.0 Å². The molecule has 0 atom stereocenters. The summed E-state index contributed by atoms with van der Waals surface area (Å²) in [5.41, 5.74) is -0.549. The van der Waals surface area contributed by atoms with Gasteiger partial charge in [0.05, 0.1) is 11.5 Å². The minimum Gasteiger partial charge on any atom is -0.481 e. The smallest absolute Gasteiger partial charge is 0.306 e. The highest BCUT2D eigenvalue weighted by Crippen LogP contribution is 2.28. The van der Waals surface area contributed by atoms with Crippen molar-refractivity contribution in [2.75, 3.05) is 13.1 Å². The number of hydrogen-bond acceptors (Lipinski definition) is 3. The van der Waals surface area contributed by atoms with E-state index in [0.717, 1.165) is 32.2 Å². The zero-order valence-electron chi connectivity index (χ0n) is 12.2. The van der Waals surface area contributed by atoms with E-state index < -0.39 is 11.5 Å². The number of carboxylic acids is 1. The van der Waals surface area contributed by atoms with Gasteiger partial charge < -0.3 is 15.7 Å². The fourth-order valence-electron chi connectivity index (χ4n) is 2.59. The molecule has 0 spiro atoms. The third kappa shape index (κ3) is 4.82. The van der Waals surface area contributed by atoms with Crippen molar-refractivity contribution in [1.29, 1.82) is 0 Å². The van der Waals surface area contributed by atoms with Crippen molar-refractivity contribution < 1.29 is 14.7 Å². The Balaban J connectivity index is 2.31. The summed E-state index contributed by atoms with van der Waals surface area (Å²) in [7, 11) is 0. The highest BCUT2D eigenvalue weighted by molar-refractivity contribution is 5.85. The lowest BCUT2D eigenvalue weighted by Crippen LogP contribution is -2.53. The molecule has 5 nitrogen and oxygen atoms in total. The standard InChI is InChI=1S/C14H26N2O3/c1-4-16-14(2,3)13(19)15-9-10-5-7-11(8-6-10)12(17)18/h10-11,16H,4-9H2,1-3H3,(H,15,19)(H,17,18). The molecule has 0 saturated heterocycles. The van der Waals surface area contributed by atoms with Crippen LogP contribution in [-0.4, -0.2) is 35.6 Å². The highest BCUT2D eigenvalue weighted by atomic mass is 16.4. The fourth-order valence-corrected chi connectivity index (χ4v) is 2.59. The molecule has 0 bridgehead atoms. The third-order valence-electron chi connectivity index (χ3n) is 3.93. The Labute approximate surface area is 115 Å². The number of rotatable bonds is 6. The monoisotopic (exact) mass is 270 g/mol. The van der Waals surface area contributed by atoms with E-state index in [4.69, 9.17) is 5.11 Å². The fraction of sp³-hybridized carbons (Fsp3) is 0.857. The molecule has 0 aromatic heterocycles. The second-order valence-corrected chi connectivity index (χ2v) is 5.92. The first-order chi connectivity index (χ1) is 8.86. The van der Waals surface area contributed by atoms with Crippen molar-refractivity contribution in [2.45, 2.75) is 52.0 Å². The molecule has 1 fully saturated rings. The van der Waals surface area contributed by atoms with E-state index in [9.17, 15) is 9.59 Å². The van der Waals surface area contributed by atoms with Gasteiger partial charge in [-0.25, -0.2) is 0 Å². The first-order valence-electron chi connectivity index (χ1n) is 7.13. The normalized spacial score (nSPS) is 23.9. The zero-order chi connectivity index (χ0) is 14.5. The predicted molar refractivity (Wildman–Crippen MR) is 73.8 cm³/mol. The predicted octanol–water partition coefficient (Wildman–Crippen LogP) is 1.38. The number of carbonyl (C=O) groups is 2. The average Bonchev–Trinajstić information content (AvgIpc) is 2.36. The third-order valence-corrected chi connectivity index (χ3v) is 3.93. The van der Waals surface area contributed by atoms with E-state index in [2.05, 4.69) is 10.6 Å². The van der Waals surface area contributed by atoms with Crippen LogP contribution in [0, 0.1) is 11.8 Å². The molecule has 1 aliphatic rings. The van der Waals surface area contributed by atoms with Crippen molar-refractivity contribution in [3.8, 4) is 0 Å². The number of carbonyl (C=O) groups excluding carboxylic acids is 1. The van der Waals surface area contributed by atoms with Gasteiger partial charge in [-0.1, -0.05) is 6.92 Å². The van der Waals surface area contributed by atoms with E-state index in [-0.39, 0.29) is 11.8 Å². The maximum atomic E-state index is 12.0. The number of likely N-dealkylation sites (N-methyl/N-ethyl adjacent to an activating group) is 1. The van der Waals surface area contributed by atoms with Gasteiger partial charge in [-0.3, -0.25) is 9.59 Å². The van der Waals surface area contributed by atoms with Gasteiger partial charge in [-0.15, -0.1) is 0 Å². The Bertz CT molecular complexity index is 321. The molecule has 1 aliphatic carbocycles. The number of carboxylic acid groups (broad SMARTS) is 1. The van der Waals surface area contributed by atoms with Crippen LogP contribution in [0.15, 0.2) is 0 Å². The summed E-state index contributed by atoms with van der Waals surface area (Å²) < 4.78 is 0. The molecule has 0 aromatic rings.